The van der Waals surface area contributed by atoms with Crippen LogP contribution >= 0.6 is 0 Å². The monoisotopic (exact) mass is 197 g/mol. The summed E-state index contributed by atoms with van der Waals surface area (Å²) in [5.74, 6) is 5.08. The molecule has 0 aromatic heterocycles. The van der Waals surface area contributed by atoms with Crippen molar-refractivity contribution in [3.05, 3.63) is 29.8 Å². The van der Waals surface area contributed by atoms with Gasteiger partial charge in [-0.1, -0.05) is 11.8 Å². The lowest BCUT2D eigenvalue weighted by Gasteiger charge is -2.19. The zero-order chi connectivity index (χ0) is 11.1. The van der Waals surface area contributed by atoms with Gasteiger partial charge in [-0.05, 0) is 24.3 Å². The first-order chi connectivity index (χ1) is 7.31. The summed E-state index contributed by atoms with van der Waals surface area (Å²) in [7, 11) is 0. The second kappa shape index (κ2) is 5.52. The molecule has 0 unspecified atom stereocenters. The Kier molecular flexibility index (Phi) is 4.01. The Bertz CT molecular complexity index is 390. The van der Waals surface area contributed by atoms with Crippen molar-refractivity contribution >= 4 is 12.0 Å². The number of carbonyl (C=O) groups is 1. The normalized spacial score (nSPS) is 8.67. The molecule has 0 N–H and O–H groups in total. The number of hydrogen-bond acceptors (Lipinski definition) is 2. The minimum absolute atomic E-state index is 0.463. The van der Waals surface area contributed by atoms with Crippen molar-refractivity contribution in [2.75, 3.05) is 18.0 Å². The van der Waals surface area contributed by atoms with Crippen LogP contribution in [0.5, 0.6) is 0 Å². The Labute approximate surface area is 89.9 Å². The van der Waals surface area contributed by atoms with Crippen molar-refractivity contribution in [2.24, 2.45) is 0 Å². The molecule has 0 atom stereocenters. The van der Waals surface area contributed by atoms with Gasteiger partial charge in [-0.3, -0.25) is 4.79 Å². The molecule has 15 heavy (non-hydrogen) atoms. The van der Waals surface area contributed by atoms with Crippen LogP contribution in [-0.2, 0) is 0 Å². The van der Waals surface area contributed by atoms with E-state index in [0.29, 0.717) is 18.7 Å². The molecule has 0 aliphatic rings. The molecule has 74 valence electrons. The van der Waals surface area contributed by atoms with Crippen LogP contribution in [0.2, 0.25) is 0 Å². The molecule has 0 saturated carbocycles. The standard InChI is InChI=1S/C13H11NO/c1-3-9-14(10-4-2)13-7-5-12(11-15)6-8-13/h1-2,5-8,11H,9-10H2. The Hall–Kier alpha value is -2.19. The van der Waals surface area contributed by atoms with Gasteiger partial charge >= 0.3 is 0 Å². The van der Waals surface area contributed by atoms with Gasteiger partial charge in [0.2, 0.25) is 0 Å². The van der Waals surface area contributed by atoms with Crippen molar-refractivity contribution in [3.63, 3.8) is 0 Å². The fourth-order valence-electron chi connectivity index (χ4n) is 1.22. The Morgan fingerprint density at radius 3 is 2.07 bits per heavy atom. The fourth-order valence-corrected chi connectivity index (χ4v) is 1.22. The van der Waals surface area contributed by atoms with E-state index in [4.69, 9.17) is 12.8 Å². The molecule has 2 nitrogen and oxygen atoms in total. The highest BCUT2D eigenvalue weighted by molar-refractivity contribution is 5.75. The van der Waals surface area contributed by atoms with Gasteiger partial charge in [0.15, 0.2) is 0 Å². The lowest BCUT2D eigenvalue weighted by atomic mass is 10.2. The summed E-state index contributed by atoms with van der Waals surface area (Å²) in [4.78, 5) is 12.3. The number of terminal acetylenes is 2. The highest BCUT2D eigenvalue weighted by atomic mass is 16.1. The van der Waals surface area contributed by atoms with Crippen molar-refractivity contribution in [1.82, 2.24) is 0 Å². The zero-order valence-electron chi connectivity index (χ0n) is 8.31. The molecule has 0 fully saturated rings. The molecule has 0 bridgehead atoms. The van der Waals surface area contributed by atoms with Gasteiger partial charge in [0.25, 0.3) is 0 Å². The third-order valence-electron chi connectivity index (χ3n) is 1.96. The molecule has 0 saturated heterocycles. The van der Waals surface area contributed by atoms with E-state index in [1.807, 2.05) is 17.0 Å². The minimum Gasteiger partial charge on any atom is -0.349 e. The summed E-state index contributed by atoms with van der Waals surface area (Å²) in [6.45, 7) is 0.926. The smallest absolute Gasteiger partial charge is 0.150 e. The largest absolute Gasteiger partial charge is 0.349 e. The molecule has 0 heterocycles. The van der Waals surface area contributed by atoms with Crippen molar-refractivity contribution in [3.8, 4) is 24.7 Å². The predicted octanol–water partition coefficient (Wildman–Crippen LogP) is 1.57. The molecule has 1 rings (SSSR count). The molecule has 2 heteroatoms. The van der Waals surface area contributed by atoms with E-state index in [1.165, 1.54) is 0 Å². The van der Waals surface area contributed by atoms with Gasteiger partial charge in [0.1, 0.15) is 6.29 Å². The van der Waals surface area contributed by atoms with Crippen LogP contribution in [0, 0.1) is 24.7 Å². The van der Waals surface area contributed by atoms with Gasteiger partial charge in [0, 0.05) is 11.3 Å². The summed E-state index contributed by atoms with van der Waals surface area (Å²) in [6, 6.07) is 7.14. The molecule has 0 aliphatic heterocycles. The molecule has 0 spiro atoms. The van der Waals surface area contributed by atoms with Crippen LogP contribution in [0.1, 0.15) is 10.4 Å². The van der Waals surface area contributed by atoms with Crippen LogP contribution in [-0.4, -0.2) is 19.4 Å². The average molecular weight is 197 g/mol. The third kappa shape index (κ3) is 2.90. The van der Waals surface area contributed by atoms with Gasteiger partial charge in [-0.25, -0.2) is 0 Å². The van der Waals surface area contributed by atoms with Gasteiger partial charge in [-0.15, -0.1) is 12.8 Å². The first-order valence-electron chi connectivity index (χ1n) is 4.49. The van der Waals surface area contributed by atoms with Crippen molar-refractivity contribution in [2.45, 2.75) is 0 Å². The number of carbonyl (C=O) groups excluding carboxylic acids is 1. The highest BCUT2D eigenvalue weighted by Gasteiger charge is 2.02. The second-order valence-electron chi connectivity index (χ2n) is 2.97. The second-order valence-corrected chi connectivity index (χ2v) is 2.97. The van der Waals surface area contributed by atoms with Gasteiger partial charge < -0.3 is 4.90 Å². The van der Waals surface area contributed by atoms with Crippen LogP contribution in [0.15, 0.2) is 24.3 Å². The third-order valence-corrected chi connectivity index (χ3v) is 1.96. The number of hydrogen-bond donors (Lipinski definition) is 0. The quantitative estimate of drug-likeness (QED) is 0.539. The number of anilines is 1. The van der Waals surface area contributed by atoms with Crippen LogP contribution < -0.4 is 4.90 Å². The molecule has 1 aromatic rings. The Balaban J connectivity index is 2.87. The highest BCUT2D eigenvalue weighted by Crippen LogP contribution is 2.13. The fraction of sp³-hybridized carbons (Fsp3) is 0.154. The number of benzene rings is 1. The van der Waals surface area contributed by atoms with E-state index in [2.05, 4.69) is 11.8 Å². The van der Waals surface area contributed by atoms with E-state index in [9.17, 15) is 4.79 Å². The Morgan fingerprint density at radius 2 is 1.67 bits per heavy atom. The topological polar surface area (TPSA) is 20.3 Å². The maximum absolute atomic E-state index is 10.5. The maximum atomic E-state index is 10.5. The number of rotatable bonds is 4. The molecule has 0 aliphatic carbocycles. The van der Waals surface area contributed by atoms with Gasteiger partial charge in [-0.2, -0.15) is 0 Å². The lowest BCUT2D eigenvalue weighted by Crippen LogP contribution is -2.23. The average Bonchev–Trinajstić information content (AvgIpc) is 2.29. The summed E-state index contributed by atoms with van der Waals surface area (Å²) in [6.07, 6.45) is 11.3. The van der Waals surface area contributed by atoms with Gasteiger partial charge in [0.05, 0.1) is 13.1 Å². The first-order valence-corrected chi connectivity index (χ1v) is 4.49. The predicted molar refractivity (Wildman–Crippen MR) is 61.7 cm³/mol. The Morgan fingerprint density at radius 1 is 1.13 bits per heavy atom. The zero-order valence-corrected chi connectivity index (χ0v) is 8.31. The van der Waals surface area contributed by atoms with E-state index in [0.717, 1.165) is 12.0 Å². The van der Waals surface area contributed by atoms with Crippen LogP contribution in [0.4, 0.5) is 5.69 Å². The van der Waals surface area contributed by atoms with Crippen LogP contribution in [0.3, 0.4) is 0 Å². The first kappa shape index (κ1) is 10.9. The molecule has 1 aromatic carbocycles. The summed E-state index contributed by atoms with van der Waals surface area (Å²) >= 11 is 0. The SMILES string of the molecule is C#CCN(CC#C)c1ccc(C=O)cc1. The van der Waals surface area contributed by atoms with E-state index in [1.54, 1.807) is 12.1 Å². The van der Waals surface area contributed by atoms with E-state index in [-0.39, 0.29) is 0 Å². The summed E-state index contributed by atoms with van der Waals surface area (Å²) in [5, 5.41) is 0. The van der Waals surface area contributed by atoms with Crippen molar-refractivity contribution in [1.29, 1.82) is 0 Å². The molecular weight excluding hydrogens is 186 g/mol. The van der Waals surface area contributed by atoms with E-state index < -0.39 is 0 Å². The van der Waals surface area contributed by atoms with Crippen LogP contribution in [0.25, 0.3) is 0 Å². The van der Waals surface area contributed by atoms with E-state index >= 15 is 0 Å². The summed E-state index contributed by atoms with van der Waals surface area (Å²) in [5.41, 5.74) is 1.57. The molecule has 0 amide bonds. The summed E-state index contributed by atoms with van der Waals surface area (Å²) < 4.78 is 0. The molecule has 0 radical (unpaired) electrons. The number of aldehydes is 1. The number of nitrogens with zero attached hydrogens (tertiary/aromatic N) is 1. The lowest BCUT2D eigenvalue weighted by molar-refractivity contribution is 0.112. The van der Waals surface area contributed by atoms with Crippen molar-refractivity contribution < 1.29 is 4.79 Å². The minimum atomic E-state index is 0.463. The maximum Gasteiger partial charge on any atom is 0.150 e. The molecular formula is C13H11NO.